The maximum absolute atomic E-state index is 12.2. The van der Waals surface area contributed by atoms with E-state index in [4.69, 9.17) is 4.74 Å². The standard InChI is InChI=1S/C20H28N6O4/c1-4-7-8-9-10-12-24-17(21-5-2)13-18(25-12)26(11-23-13)20-15(28)14(27)16(30-20)19(29)22-6-3/h11,14-16,20,27-28H,4-8H2,1-3H3,(H,22,29)(H,21,24,25)/t14-,15+,16-,20+/m0/s1. The molecule has 3 rings (SSSR count). The first-order chi connectivity index (χ1) is 14.5. The molecule has 1 fully saturated rings. The number of aliphatic hydroxyl groups excluding tert-OH is 2. The molecule has 10 nitrogen and oxygen atoms in total. The first-order valence-electron chi connectivity index (χ1n) is 10.3. The van der Waals surface area contributed by atoms with Crippen LogP contribution in [0.25, 0.3) is 11.2 Å². The summed E-state index contributed by atoms with van der Waals surface area (Å²) in [6.45, 7) is 6.82. The molecule has 1 saturated heterocycles. The molecule has 1 aliphatic heterocycles. The number of fused-ring (bicyclic) bond motifs is 1. The lowest BCUT2D eigenvalue weighted by atomic mass is 10.1. The highest BCUT2D eigenvalue weighted by molar-refractivity contribution is 5.84. The number of aliphatic hydroxyl groups is 2. The number of nitrogens with one attached hydrogen (secondary N) is 2. The molecular weight excluding hydrogens is 388 g/mol. The minimum Gasteiger partial charge on any atom is -0.387 e. The van der Waals surface area contributed by atoms with E-state index in [0.29, 0.717) is 35.9 Å². The number of unbranched alkanes of at least 4 members (excludes halogenated alkanes) is 2. The Morgan fingerprint density at radius 2 is 2.03 bits per heavy atom. The maximum atomic E-state index is 12.2. The van der Waals surface area contributed by atoms with Crippen LogP contribution in [0, 0.1) is 11.8 Å². The molecule has 2 aromatic rings. The van der Waals surface area contributed by atoms with Crippen LogP contribution >= 0.6 is 0 Å². The number of rotatable bonds is 7. The predicted octanol–water partition coefficient (Wildman–Crippen LogP) is 0.555. The summed E-state index contributed by atoms with van der Waals surface area (Å²) in [4.78, 5) is 25.4. The third kappa shape index (κ3) is 4.38. The van der Waals surface area contributed by atoms with E-state index in [1.165, 1.54) is 10.9 Å². The summed E-state index contributed by atoms with van der Waals surface area (Å²) in [7, 11) is 0. The molecule has 1 aliphatic rings. The highest BCUT2D eigenvalue weighted by Gasteiger charge is 2.47. The number of hydrogen-bond acceptors (Lipinski definition) is 8. The maximum Gasteiger partial charge on any atom is 0.252 e. The van der Waals surface area contributed by atoms with E-state index in [1.54, 1.807) is 6.92 Å². The summed E-state index contributed by atoms with van der Waals surface area (Å²) in [6, 6.07) is 0. The van der Waals surface area contributed by atoms with Crippen molar-refractivity contribution in [2.45, 2.75) is 64.6 Å². The number of aromatic nitrogens is 4. The Morgan fingerprint density at radius 1 is 1.23 bits per heavy atom. The van der Waals surface area contributed by atoms with Crippen molar-refractivity contribution in [3.63, 3.8) is 0 Å². The molecule has 4 N–H and O–H groups in total. The molecule has 3 heterocycles. The van der Waals surface area contributed by atoms with Gasteiger partial charge < -0.3 is 25.6 Å². The molecule has 0 bridgehead atoms. The van der Waals surface area contributed by atoms with Crippen molar-refractivity contribution in [2.24, 2.45) is 0 Å². The number of carbonyl (C=O) groups is 1. The Morgan fingerprint density at radius 3 is 2.73 bits per heavy atom. The minimum absolute atomic E-state index is 0.324. The fourth-order valence-electron chi connectivity index (χ4n) is 3.24. The Hall–Kier alpha value is -2.74. The van der Waals surface area contributed by atoms with E-state index in [-0.39, 0.29) is 0 Å². The molecule has 10 heteroatoms. The number of nitrogens with zero attached hydrogens (tertiary/aromatic N) is 4. The molecule has 0 aliphatic carbocycles. The van der Waals surface area contributed by atoms with Crippen LogP contribution in [0.5, 0.6) is 0 Å². The summed E-state index contributed by atoms with van der Waals surface area (Å²) >= 11 is 0. The quantitative estimate of drug-likeness (QED) is 0.380. The van der Waals surface area contributed by atoms with Gasteiger partial charge in [-0.05, 0) is 26.2 Å². The summed E-state index contributed by atoms with van der Waals surface area (Å²) < 4.78 is 7.20. The number of hydrogen-bond donors (Lipinski definition) is 4. The van der Waals surface area contributed by atoms with E-state index >= 15 is 0 Å². The summed E-state index contributed by atoms with van der Waals surface area (Å²) in [5.74, 6) is 6.40. The van der Waals surface area contributed by atoms with Crippen molar-refractivity contribution < 1.29 is 19.7 Å². The van der Waals surface area contributed by atoms with E-state index in [9.17, 15) is 15.0 Å². The lowest BCUT2D eigenvalue weighted by Crippen LogP contribution is -2.42. The lowest BCUT2D eigenvalue weighted by Gasteiger charge is -2.16. The number of ether oxygens (including phenoxy) is 1. The van der Waals surface area contributed by atoms with Crippen LogP contribution in [0.3, 0.4) is 0 Å². The Bertz CT molecular complexity index is 950. The predicted molar refractivity (Wildman–Crippen MR) is 110 cm³/mol. The topological polar surface area (TPSA) is 134 Å². The highest BCUT2D eigenvalue weighted by atomic mass is 16.6. The second-order valence-electron chi connectivity index (χ2n) is 6.98. The van der Waals surface area contributed by atoms with Gasteiger partial charge in [-0.3, -0.25) is 9.36 Å². The molecule has 30 heavy (non-hydrogen) atoms. The summed E-state index contributed by atoms with van der Waals surface area (Å²) in [5, 5.41) is 26.6. The fourth-order valence-corrected chi connectivity index (χ4v) is 3.24. The normalized spacial score (nSPS) is 23.2. The average molecular weight is 416 g/mol. The van der Waals surface area contributed by atoms with Gasteiger partial charge in [0.25, 0.3) is 5.91 Å². The smallest absolute Gasteiger partial charge is 0.252 e. The largest absolute Gasteiger partial charge is 0.387 e. The molecule has 0 saturated carbocycles. The molecule has 0 aromatic carbocycles. The van der Waals surface area contributed by atoms with E-state index in [2.05, 4.69) is 44.4 Å². The Kier molecular flexibility index (Phi) is 7.20. The number of carbonyl (C=O) groups excluding carboxylic acids is 1. The molecule has 1 amide bonds. The van der Waals surface area contributed by atoms with Crippen LogP contribution in [0.15, 0.2) is 6.33 Å². The lowest BCUT2D eigenvalue weighted by molar-refractivity contribution is -0.137. The van der Waals surface area contributed by atoms with Gasteiger partial charge in [0.2, 0.25) is 5.82 Å². The van der Waals surface area contributed by atoms with E-state index < -0.39 is 30.4 Å². The third-order valence-corrected chi connectivity index (χ3v) is 4.74. The zero-order chi connectivity index (χ0) is 21.7. The van der Waals surface area contributed by atoms with Gasteiger partial charge in [-0.2, -0.15) is 0 Å². The van der Waals surface area contributed by atoms with Gasteiger partial charge in [0.05, 0.1) is 6.33 Å². The SMILES string of the molecule is CCCCC#Cc1nc(NCC)c2ncn([C@@H]3O[C@H](C(=O)NCC)[C@@H](O)[C@H]3O)c2n1. The average Bonchev–Trinajstić information content (AvgIpc) is 3.27. The number of amides is 1. The van der Waals surface area contributed by atoms with Crippen molar-refractivity contribution in [3.8, 4) is 11.8 Å². The molecule has 162 valence electrons. The van der Waals surface area contributed by atoms with Gasteiger partial charge in [-0.1, -0.05) is 19.3 Å². The second-order valence-corrected chi connectivity index (χ2v) is 6.98. The van der Waals surface area contributed by atoms with Crippen LogP contribution in [-0.2, 0) is 9.53 Å². The molecule has 4 atom stereocenters. The molecule has 0 spiro atoms. The Balaban J connectivity index is 1.98. The number of likely N-dealkylation sites (N-methyl/N-ethyl adjacent to an activating group) is 1. The molecule has 2 aromatic heterocycles. The van der Waals surface area contributed by atoms with Crippen LogP contribution in [0.2, 0.25) is 0 Å². The van der Waals surface area contributed by atoms with Gasteiger partial charge in [-0.25, -0.2) is 15.0 Å². The highest BCUT2D eigenvalue weighted by Crippen LogP contribution is 2.32. The van der Waals surface area contributed by atoms with Gasteiger partial charge >= 0.3 is 0 Å². The zero-order valence-corrected chi connectivity index (χ0v) is 17.4. The van der Waals surface area contributed by atoms with Crippen molar-refractivity contribution in [2.75, 3.05) is 18.4 Å². The van der Waals surface area contributed by atoms with Crippen LogP contribution in [-0.4, -0.2) is 67.0 Å². The van der Waals surface area contributed by atoms with Gasteiger partial charge in [0, 0.05) is 19.5 Å². The number of anilines is 1. The Labute approximate surface area is 175 Å². The van der Waals surface area contributed by atoms with Crippen molar-refractivity contribution >= 4 is 22.9 Å². The summed E-state index contributed by atoms with van der Waals surface area (Å²) in [6.07, 6.45) is -0.666. The van der Waals surface area contributed by atoms with Gasteiger partial charge in [0.15, 0.2) is 29.3 Å². The third-order valence-electron chi connectivity index (χ3n) is 4.74. The van der Waals surface area contributed by atoms with Gasteiger partial charge in [-0.15, -0.1) is 0 Å². The van der Waals surface area contributed by atoms with E-state index in [1.807, 2.05) is 6.92 Å². The zero-order valence-electron chi connectivity index (χ0n) is 17.4. The first kappa shape index (κ1) is 22.0. The second kappa shape index (κ2) is 9.84. The first-order valence-corrected chi connectivity index (χ1v) is 10.3. The van der Waals surface area contributed by atoms with Crippen molar-refractivity contribution in [3.05, 3.63) is 12.2 Å². The van der Waals surface area contributed by atoms with E-state index in [0.717, 1.165) is 19.3 Å². The molecule has 0 unspecified atom stereocenters. The van der Waals surface area contributed by atoms with Crippen LogP contribution in [0.4, 0.5) is 5.82 Å². The van der Waals surface area contributed by atoms with Crippen LogP contribution < -0.4 is 10.6 Å². The van der Waals surface area contributed by atoms with Gasteiger partial charge in [0.1, 0.15) is 12.2 Å². The van der Waals surface area contributed by atoms with Crippen molar-refractivity contribution in [1.29, 1.82) is 0 Å². The molecular formula is C20H28N6O4. The van der Waals surface area contributed by atoms with Crippen molar-refractivity contribution in [1.82, 2.24) is 24.8 Å². The fraction of sp³-hybridized carbons (Fsp3) is 0.600. The molecule has 0 radical (unpaired) electrons. The summed E-state index contributed by atoms with van der Waals surface area (Å²) in [5.41, 5.74) is 0.885. The monoisotopic (exact) mass is 416 g/mol. The minimum atomic E-state index is -1.37. The van der Waals surface area contributed by atoms with Crippen LogP contribution in [0.1, 0.15) is 52.1 Å². The number of imidazole rings is 1.